The summed E-state index contributed by atoms with van der Waals surface area (Å²) in [6.45, 7) is 12.5. The van der Waals surface area contributed by atoms with Gasteiger partial charge in [0.25, 0.3) is 0 Å². The number of carbonyl (C=O) groups excluding carboxylic acids is 2. The van der Waals surface area contributed by atoms with E-state index in [4.69, 9.17) is 9.47 Å². The van der Waals surface area contributed by atoms with Crippen LogP contribution in [0.3, 0.4) is 0 Å². The number of quaternary nitrogens is 2. The van der Waals surface area contributed by atoms with Crippen LogP contribution in [0, 0.1) is 0 Å². The summed E-state index contributed by atoms with van der Waals surface area (Å²) >= 11 is 0. The van der Waals surface area contributed by atoms with Gasteiger partial charge in [0.2, 0.25) is 0 Å². The number of piperidine rings is 2. The largest absolute Gasteiger partial charge is 0.458 e. The number of carbonyl (C=O) groups is 2. The standard InChI is InChI=1S/C40H78N2O4/c1-3-5-7-9-11-13-15-17-19-23-29-41(31-25-21-26-32-41)37-39(43)45-35-36-46-40(44)38-42(33-27-22-28-34-42)30-24-20-18-16-14-12-10-8-6-4-2/h3-38H2,1-2H3/q+2. The Morgan fingerprint density at radius 1 is 0.413 bits per heavy atom. The molecule has 270 valence electrons. The molecule has 0 atom stereocenters. The molecule has 2 rings (SSSR count). The summed E-state index contributed by atoms with van der Waals surface area (Å²) in [5.74, 6) is -0.240. The van der Waals surface area contributed by atoms with Crippen LogP contribution in [-0.4, -0.2) is 86.5 Å². The van der Waals surface area contributed by atoms with E-state index in [0.29, 0.717) is 13.1 Å². The van der Waals surface area contributed by atoms with Gasteiger partial charge in [-0.05, 0) is 64.2 Å². The second-order valence-corrected chi connectivity index (χ2v) is 15.3. The average molecular weight is 651 g/mol. The van der Waals surface area contributed by atoms with Crippen LogP contribution in [0.1, 0.15) is 181 Å². The van der Waals surface area contributed by atoms with Crippen LogP contribution < -0.4 is 0 Å². The lowest BCUT2D eigenvalue weighted by atomic mass is 10.0. The lowest BCUT2D eigenvalue weighted by Gasteiger charge is -2.41. The van der Waals surface area contributed by atoms with E-state index >= 15 is 0 Å². The van der Waals surface area contributed by atoms with E-state index < -0.39 is 0 Å². The molecule has 0 aromatic carbocycles. The first-order valence-electron chi connectivity index (χ1n) is 20.5. The third-order valence-corrected chi connectivity index (χ3v) is 11.0. The van der Waals surface area contributed by atoms with Crippen LogP contribution >= 0.6 is 0 Å². The van der Waals surface area contributed by atoms with Crippen molar-refractivity contribution in [2.24, 2.45) is 0 Å². The van der Waals surface area contributed by atoms with Crippen LogP contribution in [0.2, 0.25) is 0 Å². The number of likely N-dealkylation sites (tertiary alicyclic amines) is 2. The van der Waals surface area contributed by atoms with Crippen molar-refractivity contribution in [3.05, 3.63) is 0 Å². The predicted octanol–water partition coefficient (Wildman–Crippen LogP) is 9.92. The molecular weight excluding hydrogens is 572 g/mol. The Hall–Kier alpha value is -1.14. The van der Waals surface area contributed by atoms with Crippen LogP contribution in [0.25, 0.3) is 0 Å². The van der Waals surface area contributed by atoms with E-state index in [0.717, 1.165) is 48.2 Å². The van der Waals surface area contributed by atoms with Crippen molar-refractivity contribution in [3.8, 4) is 0 Å². The predicted molar refractivity (Wildman–Crippen MR) is 193 cm³/mol. The van der Waals surface area contributed by atoms with E-state index in [9.17, 15) is 9.59 Å². The second kappa shape index (κ2) is 26.8. The molecule has 46 heavy (non-hydrogen) atoms. The van der Waals surface area contributed by atoms with Crippen molar-refractivity contribution in [1.82, 2.24) is 0 Å². The van der Waals surface area contributed by atoms with E-state index in [2.05, 4.69) is 13.8 Å². The fourth-order valence-electron chi connectivity index (χ4n) is 8.11. The van der Waals surface area contributed by atoms with Crippen molar-refractivity contribution in [2.45, 2.75) is 181 Å². The Kier molecular flexibility index (Phi) is 23.9. The smallest absolute Gasteiger partial charge is 0.361 e. The zero-order chi connectivity index (χ0) is 33.0. The van der Waals surface area contributed by atoms with Crippen molar-refractivity contribution in [3.63, 3.8) is 0 Å². The van der Waals surface area contributed by atoms with Crippen molar-refractivity contribution < 1.29 is 28.0 Å². The lowest BCUT2D eigenvalue weighted by molar-refractivity contribution is -0.926. The van der Waals surface area contributed by atoms with Gasteiger partial charge in [-0.3, -0.25) is 0 Å². The fourth-order valence-corrected chi connectivity index (χ4v) is 8.11. The van der Waals surface area contributed by atoms with Crippen LogP contribution in [0.5, 0.6) is 0 Å². The highest BCUT2D eigenvalue weighted by molar-refractivity contribution is 5.71. The molecule has 0 N–H and O–H groups in total. The van der Waals surface area contributed by atoms with Gasteiger partial charge in [-0.25, -0.2) is 9.59 Å². The van der Waals surface area contributed by atoms with Gasteiger partial charge in [-0.15, -0.1) is 0 Å². The Labute approximate surface area is 285 Å². The fraction of sp³-hybridized carbons (Fsp3) is 0.950. The molecule has 0 spiro atoms. The molecule has 0 aliphatic carbocycles. The summed E-state index contributed by atoms with van der Waals surface area (Å²) < 4.78 is 13.1. The van der Waals surface area contributed by atoms with Gasteiger partial charge in [0.15, 0.2) is 13.1 Å². The number of rotatable bonds is 29. The van der Waals surface area contributed by atoms with Crippen LogP contribution in [0.4, 0.5) is 0 Å². The quantitative estimate of drug-likeness (QED) is 0.0459. The highest BCUT2D eigenvalue weighted by Crippen LogP contribution is 2.23. The Balaban J connectivity index is 1.60. The van der Waals surface area contributed by atoms with E-state index in [1.807, 2.05) is 0 Å². The minimum absolute atomic E-state index is 0.120. The van der Waals surface area contributed by atoms with Gasteiger partial charge in [0.05, 0.1) is 39.3 Å². The number of esters is 2. The summed E-state index contributed by atoms with van der Waals surface area (Å²) in [4.78, 5) is 25.8. The summed E-state index contributed by atoms with van der Waals surface area (Å²) in [6.07, 6.45) is 34.2. The van der Waals surface area contributed by atoms with Crippen molar-refractivity contribution in [2.75, 3.05) is 65.6 Å². The van der Waals surface area contributed by atoms with Gasteiger partial charge >= 0.3 is 11.9 Å². The number of nitrogens with zero attached hydrogens (tertiary/aromatic N) is 2. The summed E-state index contributed by atoms with van der Waals surface area (Å²) in [7, 11) is 0. The monoisotopic (exact) mass is 651 g/mol. The maximum absolute atomic E-state index is 12.9. The zero-order valence-electron chi connectivity index (χ0n) is 31.0. The summed E-state index contributed by atoms with van der Waals surface area (Å²) in [6, 6.07) is 0. The first-order chi connectivity index (χ1) is 22.5. The number of unbranched alkanes of at least 4 members (excludes halogenated alkanes) is 18. The average Bonchev–Trinajstić information content (AvgIpc) is 3.06. The molecule has 0 unspecified atom stereocenters. The minimum atomic E-state index is -0.120. The molecule has 2 aliphatic rings. The van der Waals surface area contributed by atoms with Gasteiger partial charge in [-0.1, -0.05) is 117 Å². The number of hydrogen-bond acceptors (Lipinski definition) is 4. The summed E-state index contributed by atoms with van der Waals surface area (Å²) in [5.41, 5.74) is 0. The van der Waals surface area contributed by atoms with Crippen LogP contribution in [0.15, 0.2) is 0 Å². The maximum atomic E-state index is 12.9. The molecule has 0 bridgehead atoms. The van der Waals surface area contributed by atoms with Gasteiger partial charge in [0.1, 0.15) is 13.2 Å². The molecular formula is C40H78N2O4+2. The van der Waals surface area contributed by atoms with Crippen molar-refractivity contribution >= 4 is 11.9 Å². The second-order valence-electron chi connectivity index (χ2n) is 15.3. The van der Waals surface area contributed by atoms with Crippen LogP contribution in [-0.2, 0) is 19.1 Å². The van der Waals surface area contributed by atoms with Gasteiger partial charge in [0, 0.05) is 0 Å². The highest BCUT2D eigenvalue weighted by atomic mass is 16.6. The van der Waals surface area contributed by atoms with E-state index in [1.165, 1.54) is 167 Å². The molecule has 2 saturated heterocycles. The third kappa shape index (κ3) is 19.6. The Morgan fingerprint density at radius 3 is 1.00 bits per heavy atom. The molecule has 2 fully saturated rings. The molecule has 2 aliphatic heterocycles. The Morgan fingerprint density at radius 2 is 0.696 bits per heavy atom. The van der Waals surface area contributed by atoms with E-state index in [1.54, 1.807) is 0 Å². The number of ether oxygens (including phenoxy) is 2. The first-order valence-corrected chi connectivity index (χ1v) is 20.5. The van der Waals surface area contributed by atoms with E-state index in [-0.39, 0.29) is 25.2 Å². The molecule has 6 nitrogen and oxygen atoms in total. The van der Waals surface area contributed by atoms with Gasteiger partial charge in [-0.2, -0.15) is 0 Å². The lowest BCUT2D eigenvalue weighted by Crippen LogP contribution is -2.55. The highest BCUT2D eigenvalue weighted by Gasteiger charge is 2.34. The molecule has 0 aromatic rings. The molecule has 6 heteroatoms. The number of hydrogen-bond donors (Lipinski definition) is 0. The van der Waals surface area contributed by atoms with Gasteiger partial charge < -0.3 is 18.4 Å². The topological polar surface area (TPSA) is 52.6 Å². The molecule has 0 aromatic heterocycles. The molecule has 0 amide bonds. The molecule has 0 saturated carbocycles. The minimum Gasteiger partial charge on any atom is -0.458 e. The van der Waals surface area contributed by atoms with Crippen molar-refractivity contribution in [1.29, 1.82) is 0 Å². The SMILES string of the molecule is CCCCCCCCCCCC[N+]1(CC(=O)OCCOC(=O)C[N+]2(CCCCCCCCCCCC)CCCCC2)CCCCC1. The third-order valence-electron chi connectivity index (χ3n) is 11.0. The molecule has 0 radical (unpaired) electrons. The Bertz CT molecular complexity index is 684. The normalized spacial score (nSPS) is 17.5. The first kappa shape index (κ1) is 41.0. The summed E-state index contributed by atoms with van der Waals surface area (Å²) in [5, 5.41) is 0. The zero-order valence-corrected chi connectivity index (χ0v) is 31.0. The molecule has 2 heterocycles. The maximum Gasteiger partial charge on any atom is 0.361 e.